The van der Waals surface area contributed by atoms with Crippen molar-refractivity contribution in [2.24, 2.45) is 0 Å². The highest BCUT2D eigenvalue weighted by molar-refractivity contribution is 7.90. The lowest BCUT2D eigenvalue weighted by Crippen LogP contribution is -2.11. The van der Waals surface area contributed by atoms with E-state index in [0.29, 0.717) is 12.1 Å². The molecule has 0 atom stereocenters. The number of imidazole rings is 1. The minimum absolute atomic E-state index is 0.278. The summed E-state index contributed by atoms with van der Waals surface area (Å²) in [5, 5.41) is 0.922. The molecule has 2 heterocycles. The van der Waals surface area contributed by atoms with Crippen molar-refractivity contribution in [3.05, 3.63) is 85.1 Å². The Morgan fingerprint density at radius 2 is 1.71 bits per heavy atom. The van der Waals surface area contributed by atoms with Crippen molar-refractivity contribution in [3.63, 3.8) is 0 Å². The van der Waals surface area contributed by atoms with Gasteiger partial charge in [0.2, 0.25) is 0 Å². The summed E-state index contributed by atoms with van der Waals surface area (Å²) < 4.78 is 29.3. The van der Waals surface area contributed by atoms with Crippen molar-refractivity contribution in [3.8, 4) is 0 Å². The molecule has 120 valence electrons. The molecule has 24 heavy (non-hydrogen) atoms. The second-order valence-corrected chi connectivity index (χ2v) is 7.34. The van der Waals surface area contributed by atoms with Gasteiger partial charge in [0.1, 0.15) is 0 Å². The van der Waals surface area contributed by atoms with Crippen LogP contribution in [0.3, 0.4) is 0 Å². The molecule has 0 N–H and O–H groups in total. The average Bonchev–Trinajstić information content (AvgIpc) is 3.25. The second-order valence-electron chi connectivity index (χ2n) is 5.52. The first-order valence-electron chi connectivity index (χ1n) is 7.51. The standard InChI is InChI=1S/C18H15N3O2S/c22-24(23,16-6-2-1-3-7-16)21-13-15(12-20-11-10-19-14-20)17-8-4-5-9-18(17)21/h1-11,13-14H,12H2. The molecule has 0 aliphatic carbocycles. The molecule has 0 aliphatic heterocycles. The van der Waals surface area contributed by atoms with Crippen molar-refractivity contribution >= 4 is 20.9 Å². The number of rotatable bonds is 4. The van der Waals surface area contributed by atoms with Crippen LogP contribution in [0.15, 0.2) is 84.4 Å². The van der Waals surface area contributed by atoms with Crippen LogP contribution in [0.1, 0.15) is 5.56 Å². The van der Waals surface area contributed by atoms with Gasteiger partial charge in [0.05, 0.1) is 23.3 Å². The van der Waals surface area contributed by atoms with E-state index in [1.165, 1.54) is 3.97 Å². The van der Waals surface area contributed by atoms with Crippen LogP contribution in [0.25, 0.3) is 10.9 Å². The van der Waals surface area contributed by atoms with Gasteiger partial charge < -0.3 is 4.57 Å². The summed E-state index contributed by atoms with van der Waals surface area (Å²) in [6.45, 7) is 0.567. The van der Waals surface area contributed by atoms with Gasteiger partial charge >= 0.3 is 0 Å². The molecule has 0 saturated heterocycles. The normalized spacial score (nSPS) is 11.8. The smallest absolute Gasteiger partial charge is 0.268 e. The summed E-state index contributed by atoms with van der Waals surface area (Å²) in [5.74, 6) is 0. The van der Waals surface area contributed by atoms with Crippen molar-refractivity contribution in [2.45, 2.75) is 11.4 Å². The van der Waals surface area contributed by atoms with E-state index < -0.39 is 10.0 Å². The number of aromatic nitrogens is 3. The number of benzene rings is 2. The molecular formula is C18H15N3O2S. The summed E-state index contributed by atoms with van der Waals surface area (Å²) in [5.41, 5.74) is 1.61. The maximum absolute atomic E-state index is 13.0. The molecule has 2 aromatic heterocycles. The lowest BCUT2D eigenvalue weighted by atomic mass is 10.2. The Hall–Kier alpha value is -2.86. The van der Waals surface area contributed by atoms with Gasteiger partial charge in [-0.2, -0.15) is 0 Å². The number of fused-ring (bicyclic) bond motifs is 1. The molecule has 0 unspecified atom stereocenters. The minimum Gasteiger partial charge on any atom is -0.333 e. The molecule has 4 rings (SSSR count). The van der Waals surface area contributed by atoms with Crippen molar-refractivity contribution in [2.75, 3.05) is 0 Å². The number of nitrogens with zero attached hydrogens (tertiary/aromatic N) is 3. The number of para-hydroxylation sites is 1. The second kappa shape index (κ2) is 5.65. The zero-order chi connectivity index (χ0) is 16.6. The third kappa shape index (κ3) is 2.41. The van der Waals surface area contributed by atoms with Gasteiger partial charge in [-0.05, 0) is 23.8 Å². The van der Waals surface area contributed by atoms with E-state index >= 15 is 0 Å². The van der Waals surface area contributed by atoms with E-state index in [4.69, 9.17) is 0 Å². The maximum atomic E-state index is 13.0. The molecule has 0 aliphatic rings. The first-order chi connectivity index (χ1) is 11.7. The minimum atomic E-state index is -3.63. The lowest BCUT2D eigenvalue weighted by molar-refractivity contribution is 0.589. The zero-order valence-corrected chi connectivity index (χ0v) is 13.6. The summed E-state index contributed by atoms with van der Waals surface area (Å²) in [6, 6.07) is 16.0. The average molecular weight is 337 g/mol. The van der Waals surface area contributed by atoms with Crippen LogP contribution in [0.5, 0.6) is 0 Å². The first kappa shape index (κ1) is 14.7. The van der Waals surface area contributed by atoms with E-state index in [0.717, 1.165) is 10.9 Å². The fraction of sp³-hybridized carbons (Fsp3) is 0.0556. The Kier molecular flexibility index (Phi) is 3.46. The predicted molar refractivity (Wildman–Crippen MR) is 92.3 cm³/mol. The number of hydrogen-bond donors (Lipinski definition) is 0. The van der Waals surface area contributed by atoms with Gasteiger partial charge in [-0.1, -0.05) is 36.4 Å². The topological polar surface area (TPSA) is 56.9 Å². The Labute approximate surface area is 139 Å². The quantitative estimate of drug-likeness (QED) is 0.575. The highest BCUT2D eigenvalue weighted by Crippen LogP contribution is 2.26. The molecule has 2 aromatic carbocycles. The molecule has 6 heteroatoms. The van der Waals surface area contributed by atoms with Gasteiger partial charge in [-0.25, -0.2) is 17.4 Å². The van der Waals surface area contributed by atoms with E-state index in [-0.39, 0.29) is 4.90 Å². The SMILES string of the molecule is O=S(=O)(c1ccccc1)n1cc(Cn2ccnc2)c2ccccc21. The largest absolute Gasteiger partial charge is 0.333 e. The highest BCUT2D eigenvalue weighted by atomic mass is 32.2. The van der Waals surface area contributed by atoms with Crippen LogP contribution in [0, 0.1) is 0 Å². The first-order valence-corrected chi connectivity index (χ1v) is 8.95. The molecular weight excluding hydrogens is 322 g/mol. The Morgan fingerprint density at radius 3 is 2.46 bits per heavy atom. The van der Waals surface area contributed by atoms with Crippen molar-refractivity contribution < 1.29 is 8.42 Å². The van der Waals surface area contributed by atoms with Gasteiger partial charge in [0, 0.05) is 24.0 Å². The van der Waals surface area contributed by atoms with Crippen LogP contribution in [-0.2, 0) is 16.6 Å². The Bertz CT molecular complexity index is 1080. The third-order valence-electron chi connectivity index (χ3n) is 3.97. The maximum Gasteiger partial charge on any atom is 0.268 e. The fourth-order valence-corrected chi connectivity index (χ4v) is 4.24. The highest BCUT2D eigenvalue weighted by Gasteiger charge is 2.20. The van der Waals surface area contributed by atoms with Gasteiger partial charge in [-0.3, -0.25) is 0 Å². The van der Waals surface area contributed by atoms with Crippen molar-refractivity contribution in [1.29, 1.82) is 0 Å². The van der Waals surface area contributed by atoms with Crippen LogP contribution < -0.4 is 0 Å². The van der Waals surface area contributed by atoms with E-state index in [1.807, 2.05) is 35.0 Å². The van der Waals surface area contributed by atoms with Crippen molar-refractivity contribution in [1.82, 2.24) is 13.5 Å². The summed E-state index contributed by atoms with van der Waals surface area (Å²) in [7, 11) is -3.63. The van der Waals surface area contributed by atoms with E-state index in [2.05, 4.69) is 4.98 Å². The summed E-state index contributed by atoms with van der Waals surface area (Å²) in [6.07, 6.45) is 6.99. The monoisotopic (exact) mass is 337 g/mol. The van der Waals surface area contributed by atoms with E-state index in [1.54, 1.807) is 49.1 Å². The summed E-state index contributed by atoms with van der Waals surface area (Å²) in [4.78, 5) is 4.32. The van der Waals surface area contributed by atoms with Crippen LogP contribution in [0.4, 0.5) is 0 Å². The number of hydrogen-bond acceptors (Lipinski definition) is 3. The molecule has 0 spiro atoms. The van der Waals surface area contributed by atoms with Gasteiger partial charge in [-0.15, -0.1) is 0 Å². The Balaban J connectivity index is 1.90. The van der Waals surface area contributed by atoms with E-state index in [9.17, 15) is 8.42 Å². The summed E-state index contributed by atoms with van der Waals surface area (Å²) >= 11 is 0. The Morgan fingerprint density at radius 1 is 0.958 bits per heavy atom. The van der Waals surface area contributed by atoms with Crippen LogP contribution in [-0.4, -0.2) is 21.9 Å². The molecule has 0 fully saturated rings. The molecule has 0 radical (unpaired) electrons. The molecule has 0 bridgehead atoms. The van der Waals surface area contributed by atoms with Gasteiger partial charge in [0.15, 0.2) is 0 Å². The zero-order valence-electron chi connectivity index (χ0n) is 12.8. The molecule has 0 amide bonds. The van der Waals surface area contributed by atoms with Gasteiger partial charge in [0.25, 0.3) is 10.0 Å². The lowest BCUT2D eigenvalue weighted by Gasteiger charge is -2.07. The molecule has 5 nitrogen and oxygen atoms in total. The van der Waals surface area contributed by atoms with Crippen LogP contribution in [0.2, 0.25) is 0 Å². The van der Waals surface area contributed by atoms with Crippen LogP contribution >= 0.6 is 0 Å². The molecule has 0 saturated carbocycles. The predicted octanol–water partition coefficient (Wildman–Crippen LogP) is 3.12. The molecule has 4 aromatic rings. The fourth-order valence-electron chi connectivity index (χ4n) is 2.83. The third-order valence-corrected chi connectivity index (χ3v) is 5.66.